The van der Waals surface area contributed by atoms with Gasteiger partial charge in [-0.15, -0.1) is 0 Å². The Balaban J connectivity index is 1.52. The number of imidazole rings is 1. The summed E-state index contributed by atoms with van der Waals surface area (Å²) in [7, 11) is 1.93. The molecular weight excluding hydrogens is 460 g/mol. The molecule has 186 valence electrons. The molecule has 0 unspecified atom stereocenters. The Kier molecular flexibility index (Phi) is 6.94. The first kappa shape index (κ1) is 24.2. The third kappa shape index (κ3) is 4.93. The van der Waals surface area contributed by atoms with Crippen molar-refractivity contribution in [3.8, 4) is 11.4 Å². The summed E-state index contributed by atoms with van der Waals surface area (Å²) >= 11 is 0. The molecule has 1 N–H and O–H groups in total. The predicted molar refractivity (Wildman–Crippen MR) is 148 cm³/mol. The molecule has 0 bridgehead atoms. The van der Waals surface area contributed by atoms with E-state index in [2.05, 4.69) is 5.32 Å². The number of hydrogen-bond donors (Lipinski definition) is 1. The van der Waals surface area contributed by atoms with E-state index >= 15 is 0 Å². The van der Waals surface area contributed by atoms with Crippen LogP contribution in [0.15, 0.2) is 84.9 Å². The van der Waals surface area contributed by atoms with Gasteiger partial charge in [0.15, 0.2) is 11.5 Å². The molecule has 0 radical (unpaired) electrons. The summed E-state index contributed by atoms with van der Waals surface area (Å²) in [5, 5.41) is 4.30. The van der Waals surface area contributed by atoms with Crippen LogP contribution in [0.5, 0.6) is 0 Å². The van der Waals surface area contributed by atoms with E-state index in [0.717, 1.165) is 27.7 Å². The minimum absolute atomic E-state index is 0.0793. The highest BCUT2D eigenvalue weighted by atomic mass is 16.2. The van der Waals surface area contributed by atoms with Crippen molar-refractivity contribution in [2.24, 2.45) is 7.05 Å². The zero-order valence-electron chi connectivity index (χ0n) is 21.3. The van der Waals surface area contributed by atoms with Gasteiger partial charge in [-0.25, -0.2) is 15.0 Å². The lowest BCUT2D eigenvalue weighted by Crippen LogP contribution is -2.31. The molecule has 0 saturated carbocycles. The molecule has 2 heterocycles. The van der Waals surface area contributed by atoms with Crippen molar-refractivity contribution in [2.45, 2.75) is 26.8 Å². The molecule has 5 rings (SSSR count). The number of amides is 1. The molecule has 0 fully saturated rings. The van der Waals surface area contributed by atoms with Gasteiger partial charge in [-0.05, 0) is 31.0 Å². The van der Waals surface area contributed by atoms with E-state index in [1.807, 2.05) is 115 Å². The number of carbonyl (C=O) groups excluding carboxylic acids is 1. The van der Waals surface area contributed by atoms with Gasteiger partial charge in [-0.3, -0.25) is 4.79 Å². The summed E-state index contributed by atoms with van der Waals surface area (Å²) in [6.07, 6.45) is 0.676. The van der Waals surface area contributed by atoms with Gasteiger partial charge in [0.25, 0.3) is 5.91 Å². The number of carbonyl (C=O) groups is 1. The highest BCUT2D eigenvalue weighted by molar-refractivity contribution is 5.95. The van der Waals surface area contributed by atoms with Gasteiger partial charge in [0, 0.05) is 31.1 Å². The van der Waals surface area contributed by atoms with Crippen molar-refractivity contribution in [3.63, 3.8) is 0 Å². The molecule has 0 aliphatic heterocycles. The summed E-state index contributed by atoms with van der Waals surface area (Å²) in [5.74, 6) is 1.77. The van der Waals surface area contributed by atoms with Crippen molar-refractivity contribution in [3.05, 3.63) is 102 Å². The molecule has 3 aromatic carbocycles. The Morgan fingerprint density at radius 3 is 2.24 bits per heavy atom. The van der Waals surface area contributed by atoms with Crippen LogP contribution in [0.3, 0.4) is 0 Å². The fourth-order valence-electron chi connectivity index (χ4n) is 4.49. The Labute approximate surface area is 216 Å². The Hall–Kier alpha value is -4.52. The van der Waals surface area contributed by atoms with Crippen LogP contribution >= 0.6 is 0 Å². The molecule has 1 amide bonds. The van der Waals surface area contributed by atoms with Crippen molar-refractivity contribution < 1.29 is 4.79 Å². The van der Waals surface area contributed by atoms with Gasteiger partial charge < -0.3 is 14.8 Å². The lowest BCUT2D eigenvalue weighted by atomic mass is 10.2. The predicted octanol–water partition coefficient (Wildman–Crippen LogP) is 6.00. The van der Waals surface area contributed by atoms with E-state index in [1.165, 1.54) is 0 Å². The number of aromatic nitrogens is 4. The van der Waals surface area contributed by atoms with E-state index < -0.39 is 0 Å². The van der Waals surface area contributed by atoms with Crippen LogP contribution in [0.1, 0.15) is 35.6 Å². The van der Waals surface area contributed by atoms with Crippen LogP contribution in [-0.4, -0.2) is 36.9 Å². The summed E-state index contributed by atoms with van der Waals surface area (Å²) in [6.45, 7) is 5.16. The first-order chi connectivity index (χ1) is 18.1. The van der Waals surface area contributed by atoms with Crippen molar-refractivity contribution >= 4 is 28.6 Å². The Bertz CT molecular complexity index is 1530. The zero-order valence-corrected chi connectivity index (χ0v) is 21.3. The average molecular weight is 491 g/mol. The molecule has 0 aliphatic rings. The van der Waals surface area contributed by atoms with E-state index in [4.69, 9.17) is 15.0 Å². The highest BCUT2D eigenvalue weighted by Crippen LogP contribution is 2.28. The average Bonchev–Trinajstić information content (AvgIpc) is 3.26. The monoisotopic (exact) mass is 490 g/mol. The number of rotatable bonds is 8. The molecule has 0 aliphatic carbocycles. The normalized spacial score (nSPS) is 11.0. The minimum atomic E-state index is -0.0793. The molecular formula is C30H30N6O. The molecule has 2 aromatic heterocycles. The van der Waals surface area contributed by atoms with Gasteiger partial charge >= 0.3 is 0 Å². The maximum absolute atomic E-state index is 13.6. The molecule has 5 aromatic rings. The molecule has 37 heavy (non-hydrogen) atoms. The van der Waals surface area contributed by atoms with E-state index in [1.54, 1.807) is 0 Å². The van der Waals surface area contributed by atoms with E-state index in [9.17, 15) is 4.79 Å². The van der Waals surface area contributed by atoms with Gasteiger partial charge in [0.2, 0.25) is 5.95 Å². The highest BCUT2D eigenvalue weighted by Gasteiger charge is 2.24. The maximum atomic E-state index is 13.6. The minimum Gasteiger partial charge on any atom is -0.333 e. The number of anilines is 2. The molecule has 0 atom stereocenters. The van der Waals surface area contributed by atoms with Crippen molar-refractivity contribution in [1.29, 1.82) is 0 Å². The first-order valence-electron chi connectivity index (χ1n) is 12.6. The second-order valence-electron chi connectivity index (χ2n) is 8.85. The van der Waals surface area contributed by atoms with Crippen LogP contribution in [0.4, 0.5) is 11.8 Å². The topological polar surface area (TPSA) is 75.9 Å². The summed E-state index contributed by atoms with van der Waals surface area (Å²) < 4.78 is 1.95. The molecule has 7 heteroatoms. The van der Waals surface area contributed by atoms with Crippen LogP contribution < -0.4 is 5.32 Å². The SMILES string of the molecule is CCc1c(C(=O)N(CC)Cc2ccccc2)nc(Nc2nc(-c3ccccc3)nc3ccccc23)n1C. The standard InChI is InChI=1S/C30H30N6O/c1-4-25-26(29(37)36(5-2)20-21-14-8-6-9-15-21)32-30(35(25)3)34-28-23-18-12-13-19-24(23)31-27(33-28)22-16-10-7-11-17-22/h6-19H,4-5,20H2,1-3H3,(H,31,32,33,34). The third-order valence-electron chi connectivity index (χ3n) is 6.50. The van der Waals surface area contributed by atoms with Crippen LogP contribution in [0.2, 0.25) is 0 Å². The van der Waals surface area contributed by atoms with Gasteiger partial charge in [0.1, 0.15) is 5.82 Å². The van der Waals surface area contributed by atoms with Crippen LogP contribution in [0.25, 0.3) is 22.3 Å². The van der Waals surface area contributed by atoms with E-state index in [-0.39, 0.29) is 5.91 Å². The van der Waals surface area contributed by atoms with Gasteiger partial charge in [0.05, 0.1) is 11.2 Å². The lowest BCUT2D eigenvalue weighted by molar-refractivity contribution is 0.0746. The van der Waals surface area contributed by atoms with Crippen molar-refractivity contribution in [2.75, 3.05) is 11.9 Å². The zero-order chi connectivity index (χ0) is 25.8. The number of para-hydroxylation sites is 1. The third-order valence-corrected chi connectivity index (χ3v) is 6.50. The van der Waals surface area contributed by atoms with E-state index in [0.29, 0.717) is 42.8 Å². The number of benzene rings is 3. The molecule has 7 nitrogen and oxygen atoms in total. The smallest absolute Gasteiger partial charge is 0.274 e. The Morgan fingerprint density at radius 1 is 0.865 bits per heavy atom. The second-order valence-corrected chi connectivity index (χ2v) is 8.85. The number of nitrogens with zero attached hydrogens (tertiary/aromatic N) is 5. The maximum Gasteiger partial charge on any atom is 0.274 e. The lowest BCUT2D eigenvalue weighted by Gasteiger charge is -2.20. The van der Waals surface area contributed by atoms with Crippen LogP contribution in [0, 0.1) is 0 Å². The fraction of sp³-hybridized carbons (Fsp3) is 0.200. The number of hydrogen-bond acceptors (Lipinski definition) is 5. The molecule has 0 spiro atoms. The number of nitrogens with one attached hydrogen (secondary N) is 1. The largest absolute Gasteiger partial charge is 0.333 e. The summed E-state index contributed by atoms with van der Waals surface area (Å²) in [4.78, 5) is 29.9. The second kappa shape index (κ2) is 10.6. The van der Waals surface area contributed by atoms with Gasteiger partial charge in [-0.1, -0.05) is 79.7 Å². The molecule has 0 saturated heterocycles. The van der Waals surface area contributed by atoms with Crippen LogP contribution in [-0.2, 0) is 20.0 Å². The van der Waals surface area contributed by atoms with Gasteiger partial charge in [-0.2, -0.15) is 0 Å². The first-order valence-corrected chi connectivity index (χ1v) is 12.6. The summed E-state index contributed by atoms with van der Waals surface area (Å²) in [5.41, 5.74) is 4.19. The summed E-state index contributed by atoms with van der Waals surface area (Å²) in [6, 6.07) is 27.8. The quantitative estimate of drug-likeness (QED) is 0.289. The number of fused-ring (bicyclic) bond motifs is 1. The van der Waals surface area contributed by atoms with Crippen molar-refractivity contribution in [1.82, 2.24) is 24.4 Å². The fourth-order valence-corrected chi connectivity index (χ4v) is 4.49. The Morgan fingerprint density at radius 2 is 1.54 bits per heavy atom.